The van der Waals surface area contributed by atoms with E-state index in [1.807, 2.05) is 19.1 Å². The van der Waals surface area contributed by atoms with Crippen LogP contribution in [0.3, 0.4) is 0 Å². The zero-order valence-electron chi connectivity index (χ0n) is 24.3. The van der Waals surface area contributed by atoms with Gasteiger partial charge in [0.05, 0.1) is 6.61 Å². The van der Waals surface area contributed by atoms with Crippen molar-refractivity contribution in [3.8, 4) is 0 Å². The minimum absolute atomic E-state index is 0.0943. The Morgan fingerprint density at radius 3 is 2.35 bits per heavy atom. The van der Waals surface area contributed by atoms with Crippen molar-refractivity contribution < 1.29 is 14.3 Å². The molecule has 1 aliphatic carbocycles. The molecule has 3 aromatic rings. The second-order valence-electron chi connectivity index (χ2n) is 12.0. The first kappa shape index (κ1) is 28.5. The molecule has 0 atom stereocenters. The average molecular weight is 556 g/mol. The first-order valence-electron chi connectivity index (χ1n) is 14.7. The fourth-order valence-corrected chi connectivity index (χ4v) is 7.01. The maximum Gasteiger partial charge on any atom is 0.348 e. The van der Waals surface area contributed by atoms with Crippen LogP contribution in [0, 0.1) is 0 Å². The lowest BCUT2D eigenvalue weighted by Gasteiger charge is -2.30. The molecule has 40 heavy (non-hydrogen) atoms. The Morgan fingerprint density at radius 1 is 0.925 bits per heavy atom. The smallest absolute Gasteiger partial charge is 0.348 e. The van der Waals surface area contributed by atoms with E-state index in [2.05, 4.69) is 68.1 Å². The highest BCUT2D eigenvalue weighted by Crippen LogP contribution is 2.42. The van der Waals surface area contributed by atoms with E-state index in [0.29, 0.717) is 17.9 Å². The van der Waals surface area contributed by atoms with Crippen LogP contribution in [0.25, 0.3) is 5.57 Å². The van der Waals surface area contributed by atoms with Crippen molar-refractivity contribution in [3.63, 3.8) is 0 Å². The molecule has 0 unspecified atom stereocenters. The van der Waals surface area contributed by atoms with Crippen molar-refractivity contribution in [2.75, 3.05) is 26.2 Å². The summed E-state index contributed by atoms with van der Waals surface area (Å²) in [6.45, 7) is 11.8. The molecule has 1 saturated heterocycles. The lowest BCUT2D eigenvalue weighted by atomic mass is 9.86. The van der Waals surface area contributed by atoms with Crippen molar-refractivity contribution in [3.05, 3.63) is 97.7 Å². The van der Waals surface area contributed by atoms with E-state index >= 15 is 0 Å². The molecule has 2 aromatic carbocycles. The topological polar surface area (TPSA) is 46.6 Å². The summed E-state index contributed by atoms with van der Waals surface area (Å²) in [5.74, 6) is 0.0189. The summed E-state index contributed by atoms with van der Waals surface area (Å²) in [5, 5.41) is 0. The Balaban J connectivity index is 1.26. The number of likely N-dealkylation sites (tertiary alicyclic amines) is 1. The predicted octanol–water partition coefficient (Wildman–Crippen LogP) is 7.88. The molecule has 0 spiro atoms. The molecule has 210 valence electrons. The minimum Gasteiger partial charge on any atom is -0.462 e. The van der Waals surface area contributed by atoms with Gasteiger partial charge in [-0.3, -0.25) is 4.79 Å². The second-order valence-corrected chi connectivity index (χ2v) is 13.1. The van der Waals surface area contributed by atoms with Gasteiger partial charge in [0.2, 0.25) is 0 Å². The first-order valence-corrected chi connectivity index (χ1v) is 15.5. The largest absolute Gasteiger partial charge is 0.462 e. The molecule has 0 N–H and O–H groups in total. The van der Waals surface area contributed by atoms with Crippen LogP contribution in [0.4, 0.5) is 0 Å². The highest BCUT2D eigenvalue weighted by Gasteiger charge is 2.27. The summed E-state index contributed by atoms with van der Waals surface area (Å²) in [6, 6.07) is 19.0. The van der Waals surface area contributed by atoms with Crippen molar-refractivity contribution in [1.82, 2.24) is 4.90 Å². The van der Waals surface area contributed by atoms with Crippen LogP contribution in [0.15, 0.2) is 60.2 Å². The van der Waals surface area contributed by atoms with Crippen LogP contribution in [-0.4, -0.2) is 42.9 Å². The summed E-state index contributed by atoms with van der Waals surface area (Å²) >= 11 is 1.60. The number of esters is 1. The van der Waals surface area contributed by atoms with Gasteiger partial charge in [0, 0.05) is 30.0 Å². The number of fused-ring (bicyclic) bond motifs is 2. The summed E-state index contributed by atoms with van der Waals surface area (Å²) in [7, 11) is 0. The maximum absolute atomic E-state index is 12.8. The Morgan fingerprint density at radius 2 is 1.65 bits per heavy atom. The molecule has 5 rings (SSSR count). The van der Waals surface area contributed by atoms with Crippen LogP contribution in [0.1, 0.15) is 101 Å². The molecule has 1 fully saturated rings. The van der Waals surface area contributed by atoms with Gasteiger partial charge in [-0.1, -0.05) is 74.9 Å². The Bertz CT molecular complexity index is 1400. The lowest BCUT2D eigenvalue weighted by molar-refractivity contribution is 0.0532. The summed E-state index contributed by atoms with van der Waals surface area (Å²) < 4.78 is 5.33. The Hall–Kier alpha value is -3.02. The lowest BCUT2D eigenvalue weighted by Crippen LogP contribution is -2.32. The number of benzene rings is 2. The predicted molar refractivity (Wildman–Crippen MR) is 165 cm³/mol. The quantitative estimate of drug-likeness (QED) is 0.220. The van der Waals surface area contributed by atoms with Crippen molar-refractivity contribution >= 4 is 28.7 Å². The van der Waals surface area contributed by atoms with Gasteiger partial charge in [0.25, 0.3) is 0 Å². The van der Waals surface area contributed by atoms with Crippen molar-refractivity contribution in [2.24, 2.45) is 0 Å². The number of rotatable bonds is 7. The van der Waals surface area contributed by atoms with E-state index in [1.54, 1.807) is 11.3 Å². The fourth-order valence-electron chi connectivity index (χ4n) is 5.95. The van der Waals surface area contributed by atoms with Crippen LogP contribution < -0.4 is 0 Å². The molecule has 0 amide bonds. The zero-order chi connectivity index (χ0) is 28.3. The third-order valence-corrected chi connectivity index (χ3v) is 9.40. The average Bonchev–Trinajstić information content (AvgIpc) is 3.30. The summed E-state index contributed by atoms with van der Waals surface area (Å²) in [4.78, 5) is 29.9. The van der Waals surface area contributed by atoms with E-state index in [0.717, 1.165) is 57.3 Å². The molecule has 0 saturated carbocycles. The van der Waals surface area contributed by atoms with Gasteiger partial charge in [-0.25, -0.2) is 4.79 Å². The van der Waals surface area contributed by atoms with Gasteiger partial charge in [0.1, 0.15) is 4.88 Å². The maximum atomic E-state index is 12.8. The Kier molecular flexibility index (Phi) is 8.72. The molecular formula is C35H41NO3S. The molecule has 2 heterocycles. The third-order valence-electron chi connectivity index (χ3n) is 8.23. The molecule has 5 heteroatoms. The number of carbonyl (C=O) groups excluding carboxylic acids is 2. The highest BCUT2D eigenvalue weighted by molar-refractivity contribution is 7.14. The third kappa shape index (κ3) is 6.31. The van der Waals surface area contributed by atoms with Crippen molar-refractivity contribution in [2.45, 2.75) is 71.6 Å². The number of carbonyl (C=O) groups is 2. The number of thiophene rings is 1. The molecule has 1 aromatic heterocycles. The number of piperidine rings is 1. The highest BCUT2D eigenvalue weighted by atomic mass is 32.1. The van der Waals surface area contributed by atoms with E-state index in [1.165, 1.54) is 38.3 Å². The number of ketones is 1. The van der Waals surface area contributed by atoms with Gasteiger partial charge in [-0.2, -0.15) is 0 Å². The molecule has 0 radical (unpaired) electrons. The van der Waals surface area contributed by atoms with E-state index in [9.17, 15) is 9.59 Å². The summed E-state index contributed by atoms with van der Waals surface area (Å²) in [5.41, 5.74) is 8.92. The molecule has 4 nitrogen and oxygen atoms in total. The van der Waals surface area contributed by atoms with Crippen molar-refractivity contribution in [1.29, 1.82) is 0 Å². The van der Waals surface area contributed by atoms with Crippen LogP contribution in [0.2, 0.25) is 0 Å². The van der Waals surface area contributed by atoms with Gasteiger partial charge < -0.3 is 9.64 Å². The van der Waals surface area contributed by atoms with Crippen LogP contribution >= 0.6 is 11.3 Å². The molecule has 1 aliphatic heterocycles. The number of nitrogens with zero attached hydrogens (tertiary/aromatic N) is 1. The Labute approximate surface area is 243 Å². The number of aryl methyl sites for hydroxylation is 2. The standard InChI is InChI=1S/C35H41NO3S/c1-5-39-34(38)32-23-29-31(40-32)17-14-24-9-6-7-10-28(24)33(29)26-18-21-36(22-19-26)20-8-11-30(37)25-12-15-27(16-13-25)35(2,3)4/h6-7,9-10,12-13,15-16,23H,5,8,11,14,17-22H2,1-4H3. The SMILES string of the molecule is CCOC(=O)c1cc2c(s1)CCc1ccccc1C2=C1CCN(CCCC(=O)c2ccc(C(C)(C)C)cc2)CC1. The van der Waals surface area contributed by atoms with Gasteiger partial charge in [-0.05, 0) is 84.9 Å². The molecular weight excluding hydrogens is 514 g/mol. The van der Waals surface area contributed by atoms with Gasteiger partial charge in [0.15, 0.2) is 5.78 Å². The van der Waals surface area contributed by atoms with Gasteiger partial charge >= 0.3 is 5.97 Å². The number of hydrogen-bond donors (Lipinski definition) is 0. The first-order chi connectivity index (χ1) is 19.2. The van der Waals surface area contributed by atoms with E-state index in [4.69, 9.17) is 4.74 Å². The number of hydrogen-bond acceptors (Lipinski definition) is 5. The molecule has 2 aliphatic rings. The zero-order valence-corrected chi connectivity index (χ0v) is 25.2. The monoisotopic (exact) mass is 555 g/mol. The second kappa shape index (κ2) is 12.2. The number of ether oxygens (including phenoxy) is 1. The fraction of sp³-hybridized carbons (Fsp3) is 0.429. The van der Waals surface area contributed by atoms with Crippen LogP contribution in [-0.2, 0) is 23.0 Å². The van der Waals surface area contributed by atoms with E-state index in [-0.39, 0.29) is 17.2 Å². The minimum atomic E-state index is -0.215. The molecule has 0 bridgehead atoms. The number of Topliss-reactive ketones (excluding diaryl/α,β-unsaturated/α-hetero) is 1. The van der Waals surface area contributed by atoms with Crippen LogP contribution in [0.5, 0.6) is 0 Å². The normalized spacial score (nSPS) is 15.8. The van der Waals surface area contributed by atoms with Gasteiger partial charge in [-0.15, -0.1) is 11.3 Å². The van der Waals surface area contributed by atoms with E-state index < -0.39 is 0 Å². The summed E-state index contributed by atoms with van der Waals surface area (Å²) in [6.07, 6.45) is 5.42.